The van der Waals surface area contributed by atoms with Gasteiger partial charge in [-0.15, -0.1) is 0 Å². The molecule has 0 fully saturated rings. The van der Waals surface area contributed by atoms with Crippen LogP contribution in [0.5, 0.6) is 17.2 Å². The van der Waals surface area contributed by atoms with Gasteiger partial charge in [0.2, 0.25) is 0 Å². The largest absolute Gasteiger partial charge is 0.494 e. The Morgan fingerprint density at radius 2 is 1.09 bits per heavy atom. The summed E-state index contributed by atoms with van der Waals surface area (Å²) in [5.74, 6) is 1.64. The number of aldehydes is 4. The lowest BCUT2D eigenvalue weighted by Gasteiger charge is -2.14. The molecule has 0 amide bonds. The number of carbonyl (C=O) groups excluding carboxylic acids is 4. The van der Waals surface area contributed by atoms with E-state index in [0.29, 0.717) is 42.6 Å². The highest BCUT2D eigenvalue weighted by Gasteiger charge is 2.13. The van der Waals surface area contributed by atoms with Crippen LogP contribution < -0.4 is 14.2 Å². The van der Waals surface area contributed by atoms with Gasteiger partial charge in [-0.05, 0) is 53.2 Å². The maximum absolute atomic E-state index is 11.1. The summed E-state index contributed by atoms with van der Waals surface area (Å²) in [7, 11) is 0. The minimum Gasteiger partial charge on any atom is -0.494 e. The summed E-state index contributed by atoms with van der Waals surface area (Å²) in [5, 5.41) is 0. The third-order valence-corrected chi connectivity index (χ3v) is 5.81. The fourth-order valence-electron chi connectivity index (χ4n) is 3.60. The Morgan fingerprint density at radius 3 is 1.50 bits per heavy atom. The average Bonchev–Trinajstić information content (AvgIpc) is 3.03. The molecule has 0 aliphatic rings. The number of ether oxygens (including phenoxy) is 3. The van der Waals surface area contributed by atoms with Crippen molar-refractivity contribution in [1.29, 1.82) is 0 Å². The SMILES string of the molecule is CCOc1cc(OCC)c(C=O)c(OCC)c1.Cc1ccc(C=O)cc1.Cc1cccc(C=O)c1.Cc1ccccc1C=O. The highest BCUT2D eigenvalue weighted by atomic mass is 16.5. The topological polar surface area (TPSA) is 96.0 Å². The van der Waals surface area contributed by atoms with Crippen molar-refractivity contribution in [3.8, 4) is 17.2 Å². The molecular weight excluding hydrogens is 556 g/mol. The van der Waals surface area contributed by atoms with E-state index in [1.807, 2.05) is 108 Å². The smallest absolute Gasteiger partial charge is 0.157 e. The summed E-state index contributed by atoms with van der Waals surface area (Å²) >= 11 is 0. The Kier molecular flexibility index (Phi) is 18.2. The van der Waals surface area contributed by atoms with Gasteiger partial charge in [-0.1, -0.05) is 77.9 Å². The van der Waals surface area contributed by atoms with Crippen LogP contribution in [0.25, 0.3) is 0 Å². The van der Waals surface area contributed by atoms with E-state index in [1.54, 1.807) is 18.2 Å². The van der Waals surface area contributed by atoms with E-state index in [0.717, 1.165) is 53.0 Å². The zero-order chi connectivity index (χ0) is 32.7. The molecule has 0 aromatic heterocycles. The quantitative estimate of drug-likeness (QED) is 0.170. The van der Waals surface area contributed by atoms with E-state index < -0.39 is 0 Å². The van der Waals surface area contributed by atoms with Crippen LogP contribution in [-0.2, 0) is 0 Å². The summed E-state index contributed by atoms with van der Waals surface area (Å²) < 4.78 is 16.2. The summed E-state index contributed by atoms with van der Waals surface area (Å²) in [6.45, 7) is 13.0. The van der Waals surface area contributed by atoms with Gasteiger partial charge in [0.1, 0.15) is 36.1 Å². The minimum absolute atomic E-state index is 0.428. The lowest BCUT2D eigenvalue weighted by atomic mass is 10.1. The van der Waals surface area contributed by atoms with Gasteiger partial charge < -0.3 is 14.2 Å². The lowest BCUT2D eigenvalue weighted by Crippen LogP contribution is -2.02. The van der Waals surface area contributed by atoms with Crippen LogP contribution in [0.2, 0.25) is 0 Å². The first-order valence-electron chi connectivity index (χ1n) is 14.3. The first kappa shape index (κ1) is 37.0. The molecule has 0 atom stereocenters. The molecule has 0 unspecified atom stereocenters. The number of hydrogen-bond acceptors (Lipinski definition) is 7. The molecule has 4 rings (SSSR count). The second kappa shape index (κ2) is 21.6. The maximum Gasteiger partial charge on any atom is 0.157 e. The van der Waals surface area contributed by atoms with Gasteiger partial charge in [-0.2, -0.15) is 0 Å². The molecule has 0 bridgehead atoms. The van der Waals surface area contributed by atoms with Gasteiger partial charge in [0.05, 0.1) is 25.4 Å². The van der Waals surface area contributed by atoms with Crippen molar-refractivity contribution < 1.29 is 33.4 Å². The molecular formula is C37H42O7. The van der Waals surface area contributed by atoms with E-state index in [-0.39, 0.29) is 0 Å². The van der Waals surface area contributed by atoms with Crippen molar-refractivity contribution in [2.45, 2.75) is 41.5 Å². The molecule has 4 aromatic rings. The van der Waals surface area contributed by atoms with Crippen LogP contribution in [0.4, 0.5) is 0 Å². The second-order valence-electron chi connectivity index (χ2n) is 9.29. The molecule has 0 saturated heterocycles. The van der Waals surface area contributed by atoms with E-state index in [9.17, 15) is 19.2 Å². The summed E-state index contributed by atoms with van der Waals surface area (Å²) in [6.07, 6.45) is 3.31. The predicted octanol–water partition coefficient (Wildman–Crippen LogP) is 8.12. The average molecular weight is 599 g/mol. The zero-order valence-corrected chi connectivity index (χ0v) is 26.4. The van der Waals surface area contributed by atoms with Crippen molar-refractivity contribution in [3.63, 3.8) is 0 Å². The van der Waals surface area contributed by atoms with Crippen molar-refractivity contribution >= 4 is 25.1 Å². The third-order valence-electron chi connectivity index (χ3n) is 5.81. The van der Waals surface area contributed by atoms with Crippen LogP contribution >= 0.6 is 0 Å². The molecule has 0 N–H and O–H groups in total. The summed E-state index contributed by atoms with van der Waals surface area (Å²) in [6, 6.07) is 25.9. The lowest BCUT2D eigenvalue weighted by molar-refractivity contribution is 0.110. The maximum atomic E-state index is 11.1. The van der Waals surface area contributed by atoms with Crippen LogP contribution in [-0.4, -0.2) is 45.0 Å². The molecule has 232 valence electrons. The molecule has 0 radical (unpaired) electrons. The van der Waals surface area contributed by atoms with Gasteiger partial charge >= 0.3 is 0 Å². The third kappa shape index (κ3) is 13.7. The van der Waals surface area contributed by atoms with E-state index in [4.69, 9.17) is 14.2 Å². The van der Waals surface area contributed by atoms with E-state index >= 15 is 0 Å². The van der Waals surface area contributed by atoms with Crippen LogP contribution in [0, 0.1) is 20.8 Å². The van der Waals surface area contributed by atoms with Gasteiger partial charge in [-0.25, -0.2) is 0 Å². The first-order valence-corrected chi connectivity index (χ1v) is 14.3. The summed E-state index contributed by atoms with van der Waals surface area (Å²) in [4.78, 5) is 41.6. The zero-order valence-electron chi connectivity index (χ0n) is 26.4. The van der Waals surface area contributed by atoms with E-state index in [1.165, 1.54) is 5.56 Å². The number of benzene rings is 4. The van der Waals surface area contributed by atoms with Gasteiger partial charge in [0.15, 0.2) is 6.29 Å². The van der Waals surface area contributed by atoms with Crippen molar-refractivity contribution in [3.05, 3.63) is 124 Å². The minimum atomic E-state index is 0.428. The Labute approximate surface area is 260 Å². The number of hydrogen-bond donors (Lipinski definition) is 0. The normalized spacial score (nSPS) is 9.32. The Balaban J connectivity index is 0.000000308. The van der Waals surface area contributed by atoms with Crippen molar-refractivity contribution in [2.75, 3.05) is 19.8 Å². The summed E-state index contributed by atoms with van der Waals surface area (Å²) in [5.41, 5.74) is 6.03. The standard InChI is InChI=1S/C13H18O4.3C8H8O/c1-4-15-10-7-12(16-5-2)11(9-14)13(8-10)17-6-3;1-7-2-4-8(6-9)5-3-7;1-7-3-2-4-8(5-7)6-9;1-7-4-2-3-5-8(7)6-9/h7-9H,4-6H2,1-3H3;3*2-6H,1H3. The van der Waals surface area contributed by atoms with Crippen molar-refractivity contribution in [2.24, 2.45) is 0 Å². The number of carbonyl (C=O) groups is 4. The van der Waals surface area contributed by atoms with Crippen LogP contribution in [0.15, 0.2) is 84.9 Å². The molecule has 7 heteroatoms. The molecule has 4 aromatic carbocycles. The molecule has 0 aliphatic carbocycles. The van der Waals surface area contributed by atoms with Gasteiger partial charge in [0.25, 0.3) is 0 Å². The Morgan fingerprint density at radius 1 is 0.523 bits per heavy atom. The Bertz CT molecular complexity index is 1420. The fraction of sp³-hybridized carbons (Fsp3) is 0.243. The number of rotatable bonds is 10. The molecule has 0 heterocycles. The molecule has 7 nitrogen and oxygen atoms in total. The van der Waals surface area contributed by atoms with Crippen molar-refractivity contribution in [1.82, 2.24) is 0 Å². The highest BCUT2D eigenvalue weighted by Crippen LogP contribution is 2.33. The van der Waals surface area contributed by atoms with Gasteiger partial charge in [-0.3, -0.25) is 19.2 Å². The van der Waals surface area contributed by atoms with Gasteiger partial charge in [0, 0.05) is 28.8 Å². The molecule has 0 spiro atoms. The first-order chi connectivity index (χ1) is 21.3. The monoisotopic (exact) mass is 598 g/mol. The number of aryl methyl sites for hydroxylation is 3. The molecule has 0 saturated carbocycles. The van der Waals surface area contributed by atoms with Crippen LogP contribution in [0.3, 0.4) is 0 Å². The van der Waals surface area contributed by atoms with Crippen LogP contribution in [0.1, 0.15) is 78.9 Å². The Hall–Kier alpha value is -5.04. The molecule has 0 aliphatic heterocycles. The predicted molar refractivity (Wildman–Crippen MR) is 175 cm³/mol. The molecule has 44 heavy (non-hydrogen) atoms. The highest BCUT2D eigenvalue weighted by molar-refractivity contribution is 5.84. The fourth-order valence-corrected chi connectivity index (χ4v) is 3.60. The van der Waals surface area contributed by atoms with E-state index in [2.05, 4.69) is 0 Å². The second-order valence-corrected chi connectivity index (χ2v) is 9.29.